The van der Waals surface area contributed by atoms with Gasteiger partial charge in [0.05, 0.1) is 0 Å². The molecule has 1 unspecified atom stereocenters. The Morgan fingerprint density at radius 1 is 1.44 bits per heavy atom. The summed E-state index contributed by atoms with van der Waals surface area (Å²) >= 11 is 0. The molecule has 1 rings (SSSR count). The fourth-order valence-electron chi connectivity index (χ4n) is 1.94. The average molecular weight is 224 g/mol. The molecule has 1 aliphatic rings. The van der Waals surface area contributed by atoms with E-state index in [1.54, 1.807) is 0 Å². The minimum Gasteiger partial charge on any atom is -0.368 e. The van der Waals surface area contributed by atoms with E-state index in [1.807, 2.05) is 7.05 Å². The van der Waals surface area contributed by atoms with Crippen LogP contribution in [0.15, 0.2) is 16.9 Å². The molecule has 4 N–H and O–H groups in total. The van der Waals surface area contributed by atoms with E-state index in [0.717, 1.165) is 31.5 Å². The highest BCUT2D eigenvalue weighted by molar-refractivity contribution is 5.29. The third kappa shape index (κ3) is 4.33. The first-order chi connectivity index (χ1) is 7.65. The van der Waals surface area contributed by atoms with Gasteiger partial charge in [0.2, 0.25) is 0 Å². The zero-order valence-corrected chi connectivity index (χ0v) is 10.4. The molecule has 0 amide bonds. The van der Waals surface area contributed by atoms with Gasteiger partial charge in [-0.3, -0.25) is 0 Å². The fourth-order valence-corrected chi connectivity index (χ4v) is 1.94. The van der Waals surface area contributed by atoms with Crippen LogP contribution in [0.3, 0.4) is 0 Å². The van der Waals surface area contributed by atoms with Crippen LogP contribution in [0.25, 0.3) is 0 Å². The van der Waals surface area contributed by atoms with Crippen molar-refractivity contribution in [1.82, 2.24) is 10.6 Å². The monoisotopic (exact) mass is 224 g/mol. The van der Waals surface area contributed by atoms with E-state index >= 15 is 0 Å². The number of likely N-dealkylation sites (N-methyl/N-ethyl adjacent to an activating group) is 1. The van der Waals surface area contributed by atoms with Gasteiger partial charge in [0.25, 0.3) is 0 Å². The smallest absolute Gasteiger partial charge is 0.122 e. The van der Waals surface area contributed by atoms with Crippen molar-refractivity contribution in [1.29, 1.82) is 0 Å². The Hall–Kier alpha value is -0.870. The van der Waals surface area contributed by atoms with E-state index in [-0.39, 0.29) is 0 Å². The fraction of sp³-hybridized carbons (Fsp3) is 0.750. The molecule has 0 aromatic carbocycles. The zero-order chi connectivity index (χ0) is 12.0. The molecule has 0 saturated heterocycles. The number of aliphatic imine (C=N–C) groups is 1. The van der Waals surface area contributed by atoms with Gasteiger partial charge in [0.15, 0.2) is 0 Å². The van der Waals surface area contributed by atoms with Crippen molar-refractivity contribution in [2.75, 3.05) is 7.05 Å². The Morgan fingerprint density at radius 2 is 2.06 bits per heavy atom. The second kappa shape index (κ2) is 6.66. The van der Waals surface area contributed by atoms with Gasteiger partial charge in [-0.2, -0.15) is 0 Å². The first-order valence-electron chi connectivity index (χ1n) is 6.03. The predicted molar refractivity (Wildman–Crippen MR) is 69.5 cm³/mol. The molecule has 1 aliphatic carbocycles. The van der Waals surface area contributed by atoms with E-state index in [2.05, 4.69) is 35.3 Å². The highest BCUT2D eigenvalue weighted by Gasteiger charge is 2.18. The van der Waals surface area contributed by atoms with Crippen molar-refractivity contribution in [2.45, 2.75) is 50.7 Å². The normalized spacial score (nSPS) is 28.6. The highest BCUT2D eigenvalue weighted by atomic mass is 15.1. The van der Waals surface area contributed by atoms with E-state index in [4.69, 9.17) is 5.73 Å². The minimum absolute atomic E-state index is 0.304. The van der Waals surface area contributed by atoms with Crippen molar-refractivity contribution < 1.29 is 0 Å². The molecule has 92 valence electrons. The molecule has 0 bridgehead atoms. The summed E-state index contributed by atoms with van der Waals surface area (Å²) in [5.74, 6) is 0.877. The van der Waals surface area contributed by atoms with Crippen LogP contribution >= 0.6 is 0 Å². The standard InChI is InChI=1S/C12H24N4/c1-9(14-2)8-12(15-3)16-11-6-4-10(13)5-7-11/h8-11,14,16H,3-7,13H2,1-2H3/b12-8+. The third-order valence-electron chi connectivity index (χ3n) is 3.16. The Labute approximate surface area is 98.4 Å². The minimum atomic E-state index is 0.304. The number of hydrogen-bond donors (Lipinski definition) is 3. The molecule has 1 fully saturated rings. The maximum Gasteiger partial charge on any atom is 0.122 e. The van der Waals surface area contributed by atoms with Gasteiger partial charge in [-0.25, -0.2) is 4.99 Å². The van der Waals surface area contributed by atoms with Crippen LogP contribution in [0.5, 0.6) is 0 Å². The lowest BCUT2D eigenvalue weighted by Gasteiger charge is -2.27. The van der Waals surface area contributed by atoms with Crippen molar-refractivity contribution in [2.24, 2.45) is 10.7 Å². The second-order valence-electron chi connectivity index (χ2n) is 4.54. The van der Waals surface area contributed by atoms with E-state index in [0.29, 0.717) is 18.1 Å². The number of nitrogens with two attached hydrogens (primary N) is 1. The lowest BCUT2D eigenvalue weighted by molar-refractivity contribution is 0.359. The lowest BCUT2D eigenvalue weighted by atomic mass is 9.92. The summed E-state index contributed by atoms with van der Waals surface area (Å²) in [6.07, 6.45) is 6.51. The van der Waals surface area contributed by atoms with Crippen LogP contribution in [-0.2, 0) is 0 Å². The first-order valence-corrected chi connectivity index (χ1v) is 6.03. The Balaban J connectivity index is 2.44. The number of rotatable bonds is 5. The highest BCUT2D eigenvalue weighted by Crippen LogP contribution is 2.18. The Bertz CT molecular complexity index is 241. The molecular formula is C12H24N4. The summed E-state index contributed by atoms with van der Waals surface area (Å²) in [5, 5.41) is 6.58. The van der Waals surface area contributed by atoms with Gasteiger partial charge in [0, 0.05) is 18.1 Å². The van der Waals surface area contributed by atoms with E-state index in [1.165, 1.54) is 0 Å². The molecular weight excluding hydrogens is 200 g/mol. The lowest BCUT2D eigenvalue weighted by Crippen LogP contribution is -2.37. The van der Waals surface area contributed by atoms with Gasteiger partial charge in [-0.05, 0) is 52.4 Å². The molecule has 1 saturated carbocycles. The summed E-state index contributed by atoms with van der Waals surface area (Å²) in [5.41, 5.74) is 5.87. The molecule has 0 aliphatic heterocycles. The molecule has 4 heteroatoms. The maximum absolute atomic E-state index is 5.87. The van der Waals surface area contributed by atoms with Crippen molar-refractivity contribution in [3.63, 3.8) is 0 Å². The molecule has 16 heavy (non-hydrogen) atoms. The van der Waals surface area contributed by atoms with E-state index in [9.17, 15) is 0 Å². The largest absolute Gasteiger partial charge is 0.368 e. The van der Waals surface area contributed by atoms with Gasteiger partial charge < -0.3 is 16.4 Å². The zero-order valence-electron chi connectivity index (χ0n) is 10.4. The summed E-state index contributed by atoms with van der Waals surface area (Å²) in [7, 11) is 1.93. The van der Waals surface area contributed by atoms with Crippen LogP contribution in [0.1, 0.15) is 32.6 Å². The van der Waals surface area contributed by atoms with Crippen molar-refractivity contribution in [3.05, 3.63) is 11.9 Å². The first kappa shape index (κ1) is 13.2. The van der Waals surface area contributed by atoms with Crippen LogP contribution in [-0.4, -0.2) is 31.9 Å². The van der Waals surface area contributed by atoms with Gasteiger partial charge in [-0.1, -0.05) is 0 Å². The third-order valence-corrected chi connectivity index (χ3v) is 3.16. The van der Waals surface area contributed by atoms with Gasteiger partial charge in [-0.15, -0.1) is 0 Å². The summed E-state index contributed by atoms with van der Waals surface area (Å²) in [4.78, 5) is 4.02. The number of nitrogens with one attached hydrogen (secondary N) is 2. The van der Waals surface area contributed by atoms with Crippen LogP contribution in [0.4, 0.5) is 0 Å². The number of nitrogens with zero attached hydrogens (tertiary/aromatic N) is 1. The summed E-state index contributed by atoms with van der Waals surface area (Å²) in [6, 6.07) is 1.19. The molecule has 0 aromatic heterocycles. The molecule has 0 aromatic rings. The molecule has 0 spiro atoms. The Morgan fingerprint density at radius 3 is 2.56 bits per heavy atom. The van der Waals surface area contributed by atoms with Crippen LogP contribution in [0, 0.1) is 0 Å². The molecule has 1 atom stereocenters. The summed E-state index contributed by atoms with van der Waals surface area (Å²) in [6.45, 7) is 5.68. The maximum atomic E-state index is 5.87. The summed E-state index contributed by atoms with van der Waals surface area (Å²) < 4.78 is 0. The topological polar surface area (TPSA) is 62.4 Å². The Kier molecular flexibility index (Phi) is 5.49. The second-order valence-corrected chi connectivity index (χ2v) is 4.54. The molecule has 4 nitrogen and oxygen atoms in total. The predicted octanol–water partition coefficient (Wildman–Crippen LogP) is 0.996. The van der Waals surface area contributed by atoms with Crippen molar-refractivity contribution >= 4 is 6.72 Å². The van der Waals surface area contributed by atoms with Crippen LogP contribution in [0.2, 0.25) is 0 Å². The van der Waals surface area contributed by atoms with E-state index < -0.39 is 0 Å². The van der Waals surface area contributed by atoms with Gasteiger partial charge in [0.1, 0.15) is 5.82 Å². The van der Waals surface area contributed by atoms with Crippen molar-refractivity contribution in [3.8, 4) is 0 Å². The SMILES string of the molecule is C=N/C(=C\C(C)NC)NC1CCC(N)CC1. The number of hydrogen-bond acceptors (Lipinski definition) is 4. The average Bonchev–Trinajstić information content (AvgIpc) is 2.30. The quantitative estimate of drug-likeness (QED) is 0.610. The van der Waals surface area contributed by atoms with Gasteiger partial charge >= 0.3 is 0 Å². The molecule has 0 heterocycles. The van der Waals surface area contributed by atoms with Crippen LogP contribution < -0.4 is 16.4 Å². The molecule has 0 radical (unpaired) electrons.